The number of rotatable bonds is 2. The SMILES string of the molecule is CC(=C1CC1)C(C)C(C)C. The van der Waals surface area contributed by atoms with Crippen LogP contribution in [0.4, 0.5) is 0 Å². The second-order valence-electron chi connectivity index (χ2n) is 3.82. The first-order valence-corrected chi connectivity index (χ1v) is 4.31. The van der Waals surface area contributed by atoms with Crippen LogP contribution in [0.15, 0.2) is 11.1 Å². The van der Waals surface area contributed by atoms with E-state index < -0.39 is 0 Å². The Morgan fingerprint density at radius 2 is 1.70 bits per heavy atom. The smallest absolute Gasteiger partial charge is 0.0209 e. The molecule has 58 valence electrons. The molecule has 0 heteroatoms. The van der Waals surface area contributed by atoms with Gasteiger partial charge in [-0.05, 0) is 31.6 Å². The van der Waals surface area contributed by atoms with Gasteiger partial charge in [-0.2, -0.15) is 0 Å². The van der Waals surface area contributed by atoms with Crippen LogP contribution in [0.1, 0.15) is 40.5 Å². The van der Waals surface area contributed by atoms with Crippen LogP contribution in [0, 0.1) is 11.8 Å². The lowest BCUT2D eigenvalue weighted by Gasteiger charge is -2.15. The molecule has 0 bridgehead atoms. The third kappa shape index (κ3) is 1.62. The lowest BCUT2D eigenvalue weighted by atomic mass is 9.90. The molecule has 0 amide bonds. The molecule has 0 aromatic rings. The van der Waals surface area contributed by atoms with Crippen molar-refractivity contribution in [2.24, 2.45) is 11.8 Å². The fourth-order valence-corrected chi connectivity index (χ4v) is 1.28. The van der Waals surface area contributed by atoms with Gasteiger partial charge in [0.1, 0.15) is 0 Å². The van der Waals surface area contributed by atoms with Crippen molar-refractivity contribution in [3.8, 4) is 0 Å². The van der Waals surface area contributed by atoms with Gasteiger partial charge in [-0.1, -0.05) is 31.9 Å². The fraction of sp³-hybridized carbons (Fsp3) is 0.800. The minimum atomic E-state index is 0.803. The maximum Gasteiger partial charge on any atom is -0.0209 e. The lowest BCUT2D eigenvalue weighted by molar-refractivity contribution is 0.479. The van der Waals surface area contributed by atoms with Crippen LogP contribution in [0.3, 0.4) is 0 Å². The molecule has 0 nitrogen and oxygen atoms in total. The van der Waals surface area contributed by atoms with Crippen LogP contribution < -0.4 is 0 Å². The maximum atomic E-state index is 2.34. The highest BCUT2D eigenvalue weighted by Gasteiger charge is 2.19. The highest BCUT2D eigenvalue weighted by atomic mass is 14.2. The topological polar surface area (TPSA) is 0 Å². The maximum absolute atomic E-state index is 2.34. The minimum absolute atomic E-state index is 0.803. The van der Waals surface area contributed by atoms with Gasteiger partial charge in [-0.15, -0.1) is 0 Å². The Morgan fingerprint density at radius 1 is 1.20 bits per heavy atom. The average Bonchev–Trinajstić information content (AvgIpc) is 2.65. The van der Waals surface area contributed by atoms with Gasteiger partial charge in [0.2, 0.25) is 0 Å². The summed E-state index contributed by atoms with van der Waals surface area (Å²) < 4.78 is 0. The van der Waals surface area contributed by atoms with Gasteiger partial charge >= 0.3 is 0 Å². The quantitative estimate of drug-likeness (QED) is 0.513. The fourth-order valence-electron chi connectivity index (χ4n) is 1.28. The summed E-state index contributed by atoms with van der Waals surface area (Å²) in [5.74, 6) is 1.62. The third-order valence-corrected chi connectivity index (χ3v) is 2.74. The first-order valence-electron chi connectivity index (χ1n) is 4.31. The first kappa shape index (κ1) is 7.84. The zero-order valence-corrected chi connectivity index (χ0v) is 7.57. The van der Waals surface area contributed by atoms with Gasteiger partial charge < -0.3 is 0 Å². The van der Waals surface area contributed by atoms with Crippen LogP contribution in [0.25, 0.3) is 0 Å². The molecular weight excluding hydrogens is 120 g/mol. The monoisotopic (exact) mass is 138 g/mol. The summed E-state index contributed by atoms with van der Waals surface area (Å²) in [7, 11) is 0. The van der Waals surface area contributed by atoms with Crippen molar-refractivity contribution in [2.75, 3.05) is 0 Å². The Labute approximate surface area is 64.3 Å². The second kappa shape index (κ2) is 2.77. The van der Waals surface area contributed by atoms with E-state index in [-0.39, 0.29) is 0 Å². The minimum Gasteiger partial charge on any atom is -0.0710 e. The van der Waals surface area contributed by atoms with Crippen LogP contribution in [-0.2, 0) is 0 Å². The summed E-state index contributed by atoms with van der Waals surface area (Å²) in [6, 6.07) is 0. The summed E-state index contributed by atoms with van der Waals surface area (Å²) >= 11 is 0. The van der Waals surface area contributed by atoms with E-state index in [0.29, 0.717) is 0 Å². The molecule has 0 saturated heterocycles. The Morgan fingerprint density at radius 3 is 2.00 bits per heavy atom. The molecule has 1 aliphatic rings. The molecule has 0 aromatic heterocycles. The largest absolute Gasteiger partial charge is 0.0710 e. The van der Waals surface area contributed by atoms with Crippen molar-refractivity contribution >= 4 is 0 Å². The van der Waals surface area contributed by atoms with Crippen LogP contribution in [-0.4, -0.2) is 0 Å². The molecular formula is C10H18. The highest BCUT2D eigenvalue weighted by Crippen LogP contribution is 2.36. The molecule has 1 saturated carbocycles. The van der Waals surface area contributed by atoms with E-state index in [9.17, 15) is 0 Å². The Kier molecular flexibility index (Phi) is 2.18. The van der Waals surface area contributed by atoms with Gasteiger partial charge in [-0.3, -0.25) is 0 Å². The number of hydrogen-bond donors (Lipinski definition) is 0. The summed E-state index contributed by atoms with van der Waals surface area (Å²) in [4.78, 5) is 0. The molecule has 0 radical (unpaired) electrons. The van der Waals surface area contributed by atoms with Gasteiger partial charge in [0, 0.05) is 0 Å². The third-order valence-electron chi connectivity index (χ3n) is 2.74. The zero-order chi connectivity index (χ0) is 7.72. The van der Waals surface area contributed by atoms with Crippen LogP contribution in [0.5, 0.6) is 0 Å². The molecule has 1 aliphatic carbocycles. The molecule has 1 rings (SSSR count). The van der Waals surface area contributed by atoms with Crippen molar-refractivity contribution in [2.45, 2.75) is 40.5 Å². The summed E-state index contributed by atoms with van der Waals surface area (Å²) in [5.41, 5.74) is 3.39. The Bertz CT molecular complexity index is 145. The van der Waals surface area contributed by atoms with E-state index in [0.717, 1.165) is 11.8 Å². The van der Waals surface area contributed by atoms with E-state index >= 15 is 0 Å². The van der Waals surface area contributed by atoms with Crippen molar-refractivity contribution in [1.82, 2.24) is 0 Å². The van der Waals surface area contributed by atoms with Gasteiger partial charge in [-0.25, -0.2) is 0 Å². The van der Waals surface area contributed by atoms with Gasteiger partial charge in [0.15, 0.2) is 0 Å². The number of allylic oxidation sites excluding steroid dienone is 2. The number of hydrogen-bond acceptors (Lipinski definition) is 0. The van der Waals surface area contributed by atoms with E-state index in [1.165, 1.54) is 12.8 Å². The van der Waals surface area contributed by atoms with Crippen molar-refractivity contribution in [3.05, 3.63) is 11.1 Å². The molecule has 0 spiro atoms. The molecule has 0 aliphatic heterocycles. The average molecular weight is 138 g/mol. The van der Waals surface area contributed by atoms with Crippen LogP contribution >= 0.6 is 0 Å². The Balaban J connectivity index is 2.56. The van der Waals surface area contributed by atoms with Crippen molar-refractivity contribution in [3.63, 3.8) is 0 Å². The van der Waals surface area contributed by atoms with Crippen molar-refractivity contribution < 1.29 is 0 Å². The van der Waals surface area contributed by atoms with E-state index in [2.05, 4.69) is 27.7 Å². The van der Waals surface area contributed by atoms with E-state index in [1.54, 1.807) is 11.1 Å². The van der Waals surface area contributed by atoms with Crippen molar-refractivity contribution in [1.29, 1.82) is 0 Å². The summed E-state index contributed by atoms with van der Waals surface area (Å²) in [6.45, 7) is 9.24. The van der Waals surface area contributed by atoms with Gasteiger partial charge in [0.05, 0.1) is 0 Å². The summed E-state index contributed by atoms with van der Waals surface area (Å²) in [5, 5.41) is 0. The lowest BCUT2D eigenvalue weighted by Crippen LogP contribution is -2.04. The van der Waals surface area contributed by atoms with Crippen LogP contribution in [0.2, 0.25) is 0 Å². The molecule has 0 aromatic carbocycles. The normalized spacial score (nSPS) is 19.5. The molecule has 0 N–H and O–H groups in total. The molecule has 10 heavy (non-hydrogen) atoms. The molecule has 1 fully saturated rings. The van der Waals surface area contributed by atoms with E-state index in [1.807, 2.05) is 0 Å². The molecule has 0 heterocycles. The molecule has 1 atom stereocenters. The zero-order valence-electron chi connectivity index (χ0n) is 7.57. The standard InChI is InChI=1S/C10H18/c1-7(2)8(3)9(4)10-5-6-10/h7-8H,5-6H2,1-4H3. The first-order chi connectivity index (χ1) is 4.63. The Hall–Kier alpha value is -0.260. The predicted octanol–water partition coefficient (Wildman–Crippen LogP) is 3.39. The van der Waals surface area contributed by atoms with E-state index in [4.69, 9.17) is 0 Å². The predicted molar refractivity (Wildman–Crippen MR) is 45.9 cm³/mol. The van der Waals surface area contributed by atoms with Gasteiger partial charge in [0.25, 0.3) is 0 Å². The highest BCUT2D eigenvalue weighted by molar-refractivity contribution is 5.25. The molecule has 1 unspecified atom stereocenters. The summed E-state index contributed by atoms with van der Waals surface area (Å²) in [6.07, 6.45) is 2.76. The second-order valence-corrected chi connectivity index (χ2v) is 3.82.